The van der Waals surface area contributed by atoms with E-state index in [0.29, 0.717) is 29.8 Å². The topological polar surface area (TPSA) is 353 Å². The van der Waals surface area contributed by atoms with Crippen molar-refractivity contribution in [3.05, 3.63) is 166 Å². The summed E-state index contributed by atoms with van der Waals surface area (Å²) in [5.74, 6) is 0.224. The third-order valence-corrected chi connectivity index (χ3v) is 10.0. The molecule has 8 aromatic rings. The first-order valence-electron chi connectivity index (χ1n) is 18.4. The van der Waals surface area contributed by atoms with Gasteiger partial charge < -0.3 is 24.4 Å². The van der Waals surface area contributed by atoms with Gasteiger partial charge in [0.2, 0.25) is 25.9 Å². The van der Waals surface area contributed by atoms with Crippen molar-refractivity contribution < 1.29 is 40.5 Å². The Hall–Kier alpha value is -8.99. The number of H-pyrrole nitrogens is 3. The smallest absolute Gasteiger partial charge is 0.348 e. The van der Waals surface area contributed by atoms with Gasteiger partial charge in [-0.15, -0.1) is 0 Å². The average Bonchev–Trinajstić information content (AvgIpc) is 4.01. The van der Waals surface area contributed by atoms with E-state index in [-0.39, 0.29) is 31.5 Å². The first kappa shape index (κ1) is 47.5. The number of nitro benzene ring substituents is 2. The number of fused-ring (bicyclic) bond motifs is 2. The van der Waals surface area contributed by atoms with E-state index < -0.39 is 75.0 Å². The monoisotopic (exact) mass is 964 g/mol. The van der Waals surface area contributed by atoms with E-state index in [0.717, 1.165) is 34.9 Å². The van der Waals surface area contributed by atoms with Crippen molar-refractivity contribution in [1.82, 2.24) is 38.8 Å². The molecule has 0 bridgehead atoms. The van der Waals surface area contributed by atoms with Gasteiger partial charge in [-0.25, -0.2) is 46.1 Å². The van der Waals surface area contributed by atoms with Gasteiger partial charge in [0.05, 0.1) is 82.3 Å². The first-order valence-corrected chi connectivity index (χ1v) is 22.2. The van der Waals surface area contributed by atoms with Crippen LogP contribution >= 0.6 is 0 Å². The number of hydrogen-bond acceptors (Lipinski definition) is 16. The molecule has 4 aromatic heterocycles. The molecule has 0 aliphatic carbocycles. The summed E-state index contributed by atoms with van der Waals surface area (Å²) in [4.78, 5) is 88.2. The summed E-state index contributed by atoms with van der Waals surface area (Å²) < 4.78 is 70.6. The Balaban J connectivity index is 0.000000185. The molecule has 26 nitrogen and oxygen atoms in total. The van der Waals surface area contributed by atoms with Gasteiger partial charge in [0.15, 0.2) is 0 Å². The lowest BCUT2D eigenvalue weighted by Gasteiger charge is -2.09. The van der Waals surface area contributed by atoms with Crippen LogP contribution in [0.15, 0.2) is 117 Å². The molecular weight excluding hydrogens is 932 g/mol. The lowest BCUT2D eigenvalue weighted by Crippen LogP contribution is -2.43. The van der Waals surface area contributed by atoms with Gasteiger partial charge in [-0.05, 0) is 66.2 Å². The average molecular weight is 965 g/mol. The van der Waals surface area contributed by atoms with Crippen LogP contribution < -0.4 is 41.6 Å². The maximum atomic E-state index is 13.5. The number of ether oxygens (including phenoxy) is 2. The first-order chi connectivity index (χ1) is 31.6. The third kappa shape index (κ3) is 11.0. The number of rotatable bonds is 11. The van der Waals surface area contributed by atoms with E-state index in [9.17, 15) is 60.6 Å². The van der Waals surface area contributed by atoms with Crippen molar-refractivity contribution in [1.29, 1.82) is 0 Å². The molecule has 5 N–H and O–H groups in total. The van der Waals surface area contributed by atoms with Crippen LogP contribution in [0.1, 0.15) is 0 Å². The number of nitrogens with zero attached hydrogens (tertiary/aromatic N) is 7. The third-order valence-electron chi connectivity index (χ3n) is 9.01. The molecule has 4 heterocycles. The van der Waals surface area contributed by atoms with Crippen molar-refractivity contribution in [2.24, 2.45) is 0 Å². The summed E-state index contributed by atoms with van der Waals surface area (Å²) in [6.45, 7) is 0. The van der Waals surface area contributed by atoms with Crippen LogP contribution in [0.2, 0.25) is 0 Å². The fourth-order valence-corrected chi connectivity index (χ4v) is 7.00. The van der Waals surface area contributed by atoms with E-state index in [1.165, 1.54) is 30.3 Å². The highest BCUT2D eigenvalue weighted by molar-refractivity contribution is 7.91. The number of halogens is 1. The Morgan fingerprint density at radius 1 is 0.701 bits per heavy atom. The SMILES string of the molecule is COc1ccc(-c2cn(-c3cc4c(=O)n(NS(C)(=O)=O)c(=O)[nH]c4cc3[N+](=O)[O-])cn2)cc1.COc1ccc(-c2cnc[nH]2)cc1.CS(=O)(=O)Nn1c(=O)[nH]c2cc([N+](=O)[O-])c(F)cc2c1=O. The van der Waals surface area contributed by atoms with Crippen molar-refractivity contribution in [3.8, 4) is 39.7 Å². The quantitative estimate of drug-likeness (QED) is 0.0917. The summed E-state index contributed by atoms with van der Waals surface area (Å²) in [7, 11) is -4.68. The van der Waals surface area contributed by atoms with E-state index in [4.69, 9.17) is 9.47 Å². The minimum Gasteiger partial charge on any atom is -0.497 e. The zero-order chi connectivity index (χ0) is 49.0. The van der Waals surface area contributed by atoms with Gasteiger partial charge in [-0.2, -0.15) is 13.7 Å². The van der Waals surface area contributed by atoms with Gasteiger partial charge >= 0.3 is 17.1 Å². The molecule has 0 atom stereocenters. The minimum absolute atomic E-state index is 0.00480. The number of aromatic nitrogens is 8. The molecule has 0 spiro atoms. The summed E-state index contributed by atoms with van der Waals surface area (Å²) in [5.41, 5.74) is -2.80. The van der Waals surface area contributed by atoms with E-state index in [1.807, 2.05) is 29.1 Å². The Labute approximate surface area is 373 Å². The number of aromatic amines is 3. The standard InChI is InChI=1S/C19H16N6O7S.C10H10N2O.C9H7FN4O6S/c1-32-12-5-3-11(4-6-12)15-9-23(10-20-15)16-7-13-14(8-17(16)25(28)29)21-19(27)24(18(13)26)22-33(2,30)31;1-13-9-4-2-8(3-5-9)10-6-11-7-12-10;1-21(19,20)12-13-8(15)4-2-5(10)7(14(17)18)3-6(4)11-9(13)16/h3-10,22H,1-2H3,(H,21,27);2-7H,1H3,(H,11,12);2-3,12H,1H3,(H,11,16). The lowest BCUT2D eigenvalue weighted by atomic mass is 10.1. The predicted octanol–water partition coefficient (Wildman–Crippen LogP) is 2.29. The number of methoxy groups -OCH3 is 2. The van der Waals surface area contributed by atoms with Gasteiger partial charge in [0.1, 0.15) is 23.5 Å². The van der Waals surface area contributed by atoms with E-state index in [2.05, 4.69) is 24.9 Å². The number of hydrogen-bond donors (Lipinski definition) is 5. The maximum absolute atomic E-state index is 13.5. The zero-order valence-electron chi connectivity index (χ0n) is 34.8. The number of nitrogens with one attached hydrogen (secondary N) is 5. The molecule has 29 heteroatoms. The van der Waals surface area contributed by atoms with Gasteiger partial charge in [0, 0.05) is 23.9 Å². The second-order valence-electron chi connectivity index (χ2n) is 13.7. The number of benzene rings is 4. The molecule has 0 unspecified atom stereocenters. The van der Waals surface area contributed by atoms with Crippen LogP contribution in [0.4, 0.5) is 15.8 Å². The fraction of sp³-hybridized carbons (Fsp3) is 0.105. The summed E-state index contributed by atoms with van der Waals surface area (Å²) in [5, 5.41) is 21.7. The molecule has 8 rings (SSSR count). The molecule has 0 aliphatic heterocycles. The van der Waals surface area contributed by atoms with Crippen molar-refractivity contribution in [3.63, 3.8) is 0 Å². The van der Waals surface area contributed by atoms with Crippen molar-refractivity contribution in [2.45, 2.75) is 0 Å². The summed E-state index contributed by atoms with van der Waals surface area (Å²) in [6.07, 6.45) is 7.82. The highest BCUT2D eigenvalue weighted by Crippen LogP contribution is 2.29. The molecule has 4 aromatic carbocycles. The highest BCUT2D eigenvalue weighted by atomic mass is 32.2. The van der Waals surface area contributed by atoms with Crippen LogP contribution in [0.5, 0.6) is 11.5 Å². The molecule has 0 fully saturated rings. The summed E-state index contributed by atoms with van der Waals surface area (Å²) >= 11 is 0. The second kappa shape index (κ2) is 19.0. The molecular formula is C38H33FN12O14S2. The maximum Gasteiger partial charge on any atom is 0.348 e. The molecule has 0 saturated heterocycles. The van der Waals surface area contributed by atoms with Crippen LogP contribution in [-0.4, -0.2) is 92.3 Å². The van der Waals surface area contributed by atoms with Gasteiger partial charge in [-0.1, -0.05) is 0 Å². The molecule has 0 amide bonds. The highest BCUT2D eigenvalue weighted by Gasteiger charge is 2.22. The molecule has 67 heavy (non-hydrogen) atoms. The Bertz CT molecular complexity index is 3660. The Morgan fingerprint density at radius 2 is 1.18 bits per heavy atom. The largest absolute Gasteiger partial charge is 0.497 e. The van der Waals surface area contributed by atoms with Gasteiger partial charge in [-0.3, -0.25) is 34.4 Å². The minimum atomic E-state index is -3.95. The number of imidazole rings is 2. The molecule has 0 saturated carbocycles. The number of sulfonamides is 2. The van der Waals surface area contributed by atoms with Crippen molar-refractivity contribution >= 4 is 53.2 Å². The Morgan fingerprint density at radius 3 is 1.63 bits per heavy atom. The van der Waals surface area contributed by atoms with Crippen LogP contribution in [0.3, 0.4) is 0 Å². The lowest BCUT2D eigenvalue weighted by molar-refractivity contribution is -0.387. The van der Waals surface area contributed by atoms with Crippen LogP contribution in [0.25, 0.3) is 50.0 Å². The van der Waals surface area contributed by atoms with Crippen LogP contribution in [-0.2, 0) is 20.0 Å². The predicted molar refractivity (Wildman–Crippen MR) is 239 cm³/mol. The van der Waals surface area contributed by atoms with Crippen LogP contribution in [0, 0.1) is 26.0 Å². The zero-order valence-corrected chi connectivity index (χ0v) is 36.4. The van der Waals surface area contributed by atoms with Gasteiger partial charge in [0.25, 0.3) is 16.8 Å². The molecule has 348 valence electrons. The molecule has 0 aliphatic rings. The van der Waals surface area contributed by atoms with E-state index in [1.54, 1.807) is 48.7 Å². The van der Waals surface area contributed by atoms with Crippen molar-refractivity contribution in [2.75, 3.05) is 36.4 Å². The number of nitro groups is 2. The Kier molecular flexibility index (Phi) is 13.5. The molecule has 0 radical (unpaired) electrons. The normalized spacial score (nSPS) is 11.2. The van der Waals surface area contributed by atoms with E-state index >= 15 is 0 Å². The second-order valence-corrected chi connectivity index (χ2v) is 17.2. The fourth-order valence-electron chi connectivity index (χ4n) is 6.01. The summed E-state index contributed by atoms with van der Waals surface area (Å²) in [6, 6.07) is 18.3.